The van der Waals surface area contributed by atoms with Crippen molar-refractivity contribution in [1.82, 2.24) is 5.06 Å². The van der Waals surface area contributed by atoms with Crippen molar-refractivity contribution in [3.63, 3.8) is 0 Å². The van der Waals surface area contributed by atoms with Gasteiger partial charge >= 0.3 is 0 Å². The van der Waals surface area contributed by atoms with E-state index in [9.17, 15) is 19.4 Å². The molecule has 0 aliphatic heterocycles. The molecule has 0 aromatic rings. The average Bonchev–Trinajstić information content (AvgIpc) is 2.14. The molecule has 0 aliphatic carbocycles. The fraction of sp³-hybridized carbons (Fsp3) is 0.818. The average molecular weight is 263 g/mol. The first-order chi connectivity index (χ1) is 7.40. The van der Waals surface area contributed by atoms with Gasteiger partial charge in [0.25, 0.3) is 0 Å². The number of nitrogens with zero attached hydrogens (tertiary/aromatic N) is 1. The number of carbonyl (C=O) groups is 2. The van der Waals surface area contributed by atoms with Gasteiger partial charge in [0, 0.05) is 5.54 Å². The highest BCUT2D eigenvalue weighted by molar-refractivity contribution is 7.91. The van der Waals surface area contributed by atoms with Crippen molar-refractivity contribution in [3.8, 4) is 0 Å². The molecule has 6 heteroatoms. The highest BCUT2D eigenvalue weighted by Gasteiger charge is 2.47. The van der Waals surface area contributed by atoms with E-state index in [2.05, 4.69) is 0 Å². The Morgan fingerprint density at radius 2 is 1.41 bits per heavy atom. The predicted molar refractivity (Wildman–Crippen MR) is 67.7 cm³/mol. The van der Waals surface area contributed by atoms with Crippen molar-refractivity contribution in [1.29, 1.82) is 0 Å². The normalized spacial score (nSPS) is 15.8. The Labute approximate surface area is 103 Å². The van der Waals surface area contributed by atoms with E-state index in [1.54, 1.807) is 41.5 Å². The quantitative estimate of drug-likeness (QED) is 0.479. The standard InChI is InChI=1S/C11H22NO4P/c1-10(2,3)9(12(15)11(4,5)6)17(16,7-13)8-14/h7-9,15H,1-6H3. The minimum absolute atomic E-state index is 0.172. The molecule has 0 heterocycles. The number of hydrogen-bond acceptors (Lipinski definition) is 5. The van der Waals surface area contributed by atoms with Gasteiger partial charge < -0.3 is 9.77 Å². The Balaban J connectivity index is 5.70. The van der Waals surface area contributed by atoms with Crippen LogP contribution in [0.2, 0.25) is 0 Å². The van der Waals surface area contributed by atoms with Crippen molar-refractivity contribution in [2.75, 3.05) is 0 Å². The molecular formula is C11H22NO4P. The van der Waals surface area contributed by atoms with Crippen LogP contribution < -0.4 is 0 Å². The van der Waals surface area contributed by atoms with Gasteiger partial charge in [0.1, 0.15) is 5.78 Å². The van der Waals surface area contributed by atoms with E-state index in [4.69, 9.17) is 0 Å². The Morgan fingerprint density at radius 3 is 1.59 bits per heavy atom. The summed E-state index contributed by atoms with van der Waals surface area (Å²) in [6, 6.07) is 0.343. The fourth-order valence-electron chi connectivity index (χ4n) is 1.65. The molecular weight excluding hydrogens is 241 g/mol. The summed E-state index contributed by atoms with van der Waals surface area (Å²) in [4.78, 5) is 21.9. The predicted octanol–water partition coefficient (Wildman–Crippen LogP) is 2.59. The van der Waals surface area contributed by atoms with Crippen LogP contribution >= 0.6 is 7.14 Å². The summed E-state index contributed by atoms with van der Waals surface area (Å²) in [5.74, 6) is -1.02. The van der Waals surface area contributed by atoms with E-state index < -0.39 is 23.9 Å². The monoisotopic (exact) mass is 263 g/mol. The third-order valence-corrected chi connectivity index (χ3v) is 4.82. The van der Waals surface area contributed by atoms with Crippen LogP contribution in [0.5, 0.6) is 0 Å². The zero-order valence-corrected chi connectivity index (χ0v) is 12.2. The van der Waals surface area contributed by atoms with Gasteiger partial charge in [0.2, 0.25) is 7.14 Å². The maximum atomic E-state index is 12.2. The zero-order chi connectivity index (χ0) is 14.1. The van der Waals surface area contributed by atoms with E-state index in [1.807, 2.05) is 0 Å². The van der Waals surface area contributed by atoms with Crippen LogP contribution in [0.1, 0.15) is 41.5 Å². The van der Waals surface area contributed by atoms with Crippen LogP contribution in [0.25, 0.3) is 0 Å². The summed E-state index contributed by atoms with van der Waals surface area (Å²) in [6.07, 6.45) is 0. The van der Waals surface area contributed by atoms with Crippen LogP contribution in [-0.2, 0) is 14.2 Å². The topological polar surface area (TPSA) is 74.7 Å². The van der Waals surface area contributed by atoms with Crippen molar-refractivity contribution in [3.05, 3.63) is 0 Å². The second-order valence-corrected chi connectivity index (χ2v) is 8.67. The summed E-state index contributed by atoms with van der Waals surface area (Å²) in [5, 5.41) is 11.0. The van der Waals surface area contributed by atoms with Crippen molar-refractivity contribution >= 4 is 19.2 Å². The Bertz CT molecular complexity index is 328. The molecule has 0 spiro atoms. The molecule has 0 fully saturated rings. The number of hydrogen-bond donors (Lipinski definition) is 1. The van der Waals surface area contributed by atoms with Gasteiger partial charge in [-0.2, -0.15) is 5.06 Å². The molecule has 0 rings (SSSR count). The van der Waals surface area contributed by atoms with Crippen molar-refractivity contribution in [2.45, 2.75) is 52.9 Å². The molecule has 0 aromatic carbocycles. The third kappa shape index (κ3) is 3.73. The van der Waals surface area contributed by atoms with E-state index in [-0.39, 0.29) is 12.1 Å². The lowest BCUT2D eigenvalue weighted by Gasteiger charge is -2.43. The molecule has 0 bridgehead atoms. The second-order valence-electron chi connectivity index (χ2n) is 6.23. The fourth-order valence-corrected chi connectivity index (χ4v) is 3.83. The lowest BCUT2D eigenvalue weighted by Crippen LogP contribution is -2.51. The minimum Gasteiger partial charge on any atom is -0.313 e. The first kappa shape index (κ1) is 16.5. The molecule has 0 aliphatic rings. The number of hydroxylamine groups is 2. The van der Waals surface area contributed by atoms with Gasteiger partial charge in [-0.15, -0.1) is 0 Å². The summed E-state index contributed by atoms with van der Waals surface area (Å²) in [7, 11) is -3.75. The van der Waals surface area contributed by atoms with Crippen LogP contribution in [0.4, 0.5) is 0 Å². The zero-order valence-electron chi connectivity index (χ0n) is 11.3. The molecule has 0 amide bonds. The Morgan fingerprint density at radius 1 is 1.06 bits per heavy atom. The summed E-state index contributed by atoms with van der Waals surface area (Å²) in [5.41, 5.74) is -1.38. The smallest absolute Gasteiger partial charge is 0.224 e. The largest absolute Gasteiger partial charge is 0.313 e. The molecule has 0 aromatic heterocycles. The maximum absolute atomic E-state index is 12.2. The highest BCUT2D eigenvalue weighted by Crippen LogP contribution is 2.54. The molecule has 0 saturated carbocycles. The first-order valence-electron chi connectivity index (χ1n) is 5.40. The van der Waals surface area contributed by atoms with Gasteiger partial charge in [-0.1, -0.05) is 20.8 Å². The van der Waals surface area contributed by atoms with Crippen LogP contribution in [-0.4, -0.2) is 33.6 Å². The van der Waals surface area contributed by atoms with E-state index >= 15 is 0 Å². The SMILES string of the molecule is CC(C)(C)C(N(O)C(C)(C)C)P(=O)(C=O)C=O. The molecule has 1 atom stereocenters. The third-order valence-electron chi connectivity index (χ3n) is 2.41. The Kier molecular flexibility index (Phi) is 4.86. The van der Waals surface area contributed by atoms with Gasteiger partial charge in [-0.25, -0.2) is 0 Å². The minimum atomic E-state index is -3.75. The van der Waals surface area contributed by atoms with Crippen LogP contribution in [0.3, 0.4) is 0 Å². The van der Waals surface area contributed by atoms with Gasteiger partial charge in [-0.05, 0) is 26.2 Å². The van der Waals surface area contributed by atoms with Gasteiger partial charge in [0.15, 0.2) is 12.1 Å². The molecule has 0 saturated heterocycles. The summed E-state index contributed by atoms with van der Waals surface area (Å²) in [6.45, 7) is 10.3. The van der Waals surface area contributed by atoms with Gasteiger partial charge in [0.05, 0.1) is 0 Å². The molecule has 0 radical (unpaired) electrons. The van der Waals surface area contributed by atoms with E-state index in [0.29, 0.717) is 0 Å². The van der Waals surface area contributed by atoms with Crippen molar-refractivity contribution in [2.24, 2.45) is 5.41 Å². The molecule has 1 unspecified atom stereocenters. The molecule has 1 N–H and O–H groups in total. The first-order valence-corrected chi connectivity index (χ1v) is 7.31. The van der Waals surface area contributed by atoms with Crippen molar-refractivity contribution < 1.29 is 19.4 Å². The lowest BCUT2D eigenvalue weighted by molar-refractivity contribution is -0.185. The number of carbonyl (C=O) groups excluding carboxylic acids is 2. The lowest BCUT2D eigenvalue weighted by atomic mass is 9.94. The molecule has 17 heavy (non-hydrogen) atoms. The summed E-state index contributed by atoms with van der Waals surface area (Å²) >= 11 is 0. The van der Waals surface area contributed by atoms with Crippen LogP contribution in [0.15, 0.2) is 0 Å². The highest BCUT2D eigenvalue weighted by atomic mass is 31.2. The Hall–Kier alpha value is -0.510. The number of rotatable bonds is 4. The van der Waals surface area contributed by atoms with Crippen LogP contribution in [0, 0.1) is 5.41 Å². The maximum Gasteiger partial charge on any atom is 0.224 e. The molecule has 5 nitrogen and oxygen atoms in total. The van der Waals surface area contributed by atoms with Gasteiger partial charge in [-0.3, -0.25) is 9.59 Å². The molecule has 100 valence electrons. The van der Waals surface area contributed by atoms with E-state index in [1.165, 1.54) is 0 Å². The summed E-state index contributed by atoms with van der Waals surface area (Å²) < 4.78 is 12.2. The van der Waals surface area contributed by atoms with E-state index in [0.717, 1.165) is 5.06 Å². The second kappa shape index (κ2) is 5.01.